The summed E-state index contributed by atoms with van der Waals surface area (Å²) in [5.41, 5.74) is 5.80. The van der Waals surface area contributed by atoms with Crippen molar-refractivity contribution in [3.05, 3.63) is 0 Å². The molecule has 1 amide bonds. The van der Waals surface area contributed by atoms with Crippen LogP contribution in [0.4, 0.5) is 0 Å². The van der Waals surface area contributed by atoms with E-state index in [0.717, 1.165) is 0 Å². The third-order valence-electron chi connectivity index (χ3n) is 2.80. The Morgan fingerprint density at radius 1 is 1.12 bits per heavy atom. The lowest BCUT2D eigenvalue weighted by molar-refractivity contribution is -0.124. The van der Waals surface area contributed by atoms with Crippen LogP contribution in [0.5, 0.6) is 0 Å². The van der Waals surface area contributed by atoms with Gasteiger partial charge in [0.2, 0.25) is 5.91 Å². The van der Waals surface area contributed by atoms with Gasteiger partial charge in [-0.2, -0.15) is 0 Å². The molecule has 2 atom stereocenters. The first kappa shape index (κ1) is 15.9. The van der Waals surface area contributed by atoms with E-state index < -0.39 is 0 Å². The fraction of sp³-hybridized carbons (Fsp3) is 0.833. The number of likely N-dealkylation sites (N-methyl/N-ethyl adjacent to an activating group) is 1. The zero-order valence-electron chi connectivity index (χ0n) is 11.7. The molecule has 0 aliphatic carbocycles. The van der Waals surface area contributed by atoms with Crippen LogP contribution in [0.25, 0.3) is 0 Å². The third kappa shape index (κ3) is 4.73. The van der Waals surface area contributed by atoms with Crippen molar-refractivity contribution in [2.75, 3.05) is 14.1 Å². The van der Waals surface area contributed by atoms with E-state index in [1.165, 1.54) is 0 Å². The van der Waals surface area contributed by atoms with E-state index in [9.17, 15) is 4.79 Å². The number of nitrogens with zero attached hydrogens (tertiary/aromatic N) is 1. The van der Waals surface area contributed by atoms with Crippen molar-refractivity contribution in [3.8, 4) is 0 Å². The van der Waals surface area contributed by atoms with Crippen molar-refractivity contribution in [1.29, 1.82) is 0 Å². The number of carbonyl (C=O) groups is 1. The maximum Gasteiger partial charge on any atom is 0.237 e. The molecule has 0 spiro atoms. The molecular weight excluding hydrogens is 216 g/mol. The number of aliphatic imine (C=N–C) groups is 1. The standard InChI is InChI=1S/C12H26N4O/c1-7(2)9(11(13)15-6)16-12(17)10(14-5)8(3)4/h7-10,14H,1-6H3,(H2,13,15)(H,16,17)/t9-,10-/m0/s1. The van der Waals surface area contributed by atoms with Crippen LogP contribution in [0.2, 0.25) is 0 Å². The Morgan fingerprint density at radius 3 is 1.88 bits per heavy atom. The van der Waals surface area contributed by atoms with Gasteiger partial charge in [-0.25, -0.2) is 0 Å². The number of rotatable bonds is 6. The average Bonchev–Trinajstić information content (AvgIpc) is 2.24. The quantitative estimate of drug-likeness (QED) is 0.465. The van der Waals surface area contributed by atoms with E-state index in [1.807, 2.05) is 27.7 Å². The maximum atomic E-state index is 12.1. The van der Waals surface area contributed by atoms with Crippen LogP contribution in [0.3, 0.4) is 0 Å². The minimum atomic E-state index is -0.207. The Labute approximate surface area is 104 Å². The van der Waals surface area contributed by atoms with E-state index in [4.69, 9.17) is 5.73 Å². The third-order valence-corrected chi connectivity index (χ3v) is 2.80. The van der Waals surface area contributed by atoms with Gasteiger partial charge in [0, 0.05) is 7.05 Å². The molecular formula is C12H26N4O. The van der Waals surface area contributed by atoms with Crippen LogP contribution < -0.4 is 16.4 Å². The van der Waals surface area contributed by atoms with E-state index >= 15 is 0 Å². The molecule has 0 aliphatic heterocycles. The summed E-state index contributed by atoms with van der Waals surface area (Å²) >= 11 is 0. The largest absolute Gasteiger partial charge is 0.386 e. The lowest BCUT2D eigenvalue weighted by Gasteiger charge is -2.26. The molecule has 0 radical (unpaired) electrons. The van der Waals surface area contributed by atoms with Crippen molar-refractivity contribution in [1.82, 2.24) is 10.6 Å². The fourth-order valence-electron chi connectivity index (χ4n) is 1.73. The SMILES string of the molecule is CN=C(N)[C@@H](NC(=O)[C@@H](NC)C(C)C)C(C)C. The number of carbonyl (C=O) groups excluding carboxylic acids is 1. The molecule has 0 aromatic carbocycles. The Kier molecular flexibility index (Phi) is 6.80. The molecule has 0 bridgehead atoms. The average molecular weight is 242 g/mol. The van der Waals surface area contributed by atoms with Crippen LogP contribution in [-0.4, -0.2) is 37.9 Å². The minimum Gasteiger partial charge on any atom is -0.386 e. The molecule has 0 aromatic heterocycles. The highest BCUT2D eigenvalue weighted by molar-refractivity contribution is 5.92. The second kappa shape index (κ2) is 7.27. The lowest BCUT2D eigenvalue weighted by Crippen LogP contribution is -2.54. The minimum absolute atomic E-state index is 0.0344. The van der Waals surface area contributed by atoms with Crippen LogP contribution in [0, 0.1) is 11.8 Å². The second-order valence-electron chi connectivity index (χ2n) is 4.89. The molecule has 0 heterocycles. The Hall–Kier alpha value is -1.10. The molecule has 0 aliphatic rings. The molecule has 17 heavy (non-hydrogen) atoms. The molecule has 0 saturated heterocycles. The first-order valence-corrected chi connectivity index (χ1v) is 6.04. The number of nitrogens with two attached hydrogens (primary N) is 1. The summed E-state index contributed by atoms with van der Waals surface area (Å²) in [6, 6.07) is -0.414. The molecule has 0 fully saturated rings. The summed E-state index contributed by atoms with van der Waals surface area (Å²) in [4.78, 5) is 16.0. The first-order chi connectivity index (χ1) is 7.84. The van der Waals surface area contributed by atoms with Gasteiger partial charge in [-0.05, 0) is 18.9 Å². The van der Waals surface area contributed by atoms with Gasteiger partial charge in [0.25, 0.3) is 0 Å². The smallest absolute Gasteiger partial charge is 0.237 e. The van der Waals surface area contributed by atoms with Crippen molar-refractivity contribution in [2.24, 2.45) is 22.6 Å². The molecule has 100 valence electrons. The van der Waals surface area contributed by atoms with Crippen LogP contribution in [-0.2, 0) is 4.79 Å². The number of nitrogens with one attached hydrogen (secondary N) is 2. The second-order valence-corrected chi connectivity index (χ2v) is 4.89. The van der Waals surface area contributed by atoms with Crippen LogP contribution in [0.15, 0.2) is 4.99 Å². The number of hydrogen-bond acceptors (Lipinski definition) is 3. The molecule has 5 heteroatoms. The summed E-state index contributed by atoms with van der Waals surface area (Å²) in [5.74, 6) is 0.875. The van der Waals surface area contributed by atoms with Crippen molar-refractivity contribution >= 4 is 11.7 Å². The number of amidine groups is 1. The van der Waals surface area contributed by atoms with Crippen molar-refractivity contribution in [3.63, 3.8) is 0 Å². The highest BCUT2D eigenvalue weighted by atomic mass is 16.2. The highest BCUT2D eigenvalue weighted by Crippen LogP contribution is 2.05. The van der Waals surface area contributed by atoms with Gasteiger partial charge in [-0.15, -0.1) is 0 Å². The van der Waals surface area contributed by atoms with E-state index in [0.29, 0.717) is 5.84 Å². The zero-order valence-corrected chi connectivity index (χ0v) is 11.7. The normalized spacial score (nSPS) is 16.1. The Morgan fingerprint density at radius 2 is 1.59 bits per heavy atom. The predicted molar refractivity (Wildman–Crippen MR) is 72.0 cm³/mol. The molecule has 5 nitrogen and oxygen atoms in total. The van der Waals surface area contributed by atoms with Gasteiger partial charge in [0.15, 0.2) is 0 Å². The Balaban J connectivity index is 4.72. The molecule has 4 N–H and O–H groups in total. The van der Waals surface area contributed by atoms with Crippen molar-refractivity contribution < 1.29 is 4.79 Å². The topological polar surface area (TPSA) is 79.5 Å². The van der Waals surface area contributed by atoms with E-state index in [1.54, 1.807) is 14.1 Å². The fourth-order valence-corrected chi connectivity index (χ4v) is 1.73. The summed E-state index contributed by atoms with van der Waals surface area (Å²) in [7, 11) is 3.42. The Bertz CT molecular complexity index is 274. The van der Waals surface area contributed by atoms with Gasteiger partial charge in [-0.1, -0.05) is 27.7 Å². The number of hydrogen-bond donors (Lipinski definition) is 3. The molecule has 0 unspecified atom stereocenters. The van der Waals surface area contributed by atoms with Gasteiger partial charge >= 0.3 is 0 Å². The van der Waals surface area contributed by atoms with E-state index in [2.05, 4.69) is 15.6 Å². The summed E-state index contributed by atoms with van der Waals surface area (Å²) in [6.45, 7) is 8.02. The van der Waals surface area contributed by atoms with Gasteiger partial charge in [-0.3, -0.25) is 9.79 Å². The summed E-state index contributed by atoms with van der Waals surface area (Å²) in [5, 5.41) is 5.95. The monoisotopic (exact) mass is 242 g/mol. The van der Waals surface area contributed by atoms with Crippen molar-refractivity contribution in [2.45, 2.75) is 39.8 Å². The van der Waals surface area contributed by atoms with Gasteiger partial charge in [0.05, 0.1) is 12.1 Å². The summed E-state index contributed by atoms with van der Waals surface area (Å²) < 4.78 is 0. The first-order valence-electron chi connectivity index (χ1n) is 6.04. The predicted octanol–water partition coefficient (Wildman–Crippen LogP) is 0.358. The lowest BCUT2D eigenvalue weighted by atomic mass is 10.00. The van der Waals surface area contributed by atoms with Gasteiger partial charge < -0.3 is 16.4 Å². The molecule has 0 aromatic rings. The summed E-state index contributed by atoms with van der Waals surface area (Å²) in [6.07, 6.45) is 0. The molecule has 0 saturated carbocycles. The number of amides is 1. The van der Waals surface area contributed by atoms with Crippen LogP contribution >= 0.6 is 0 Å². The highest BCUT2D eigenvalue weighted by Gasteiger charge is 2.25. The van der Waals surface area contributed by atoms with Gasteiger partial charge in [0.1, 0.15) is 5.84 Å². The molecule has 0 rings (SSSR count). The zero-order chi connectivity index (χ0) is 13.6. The van der Waals surface area contributed by atoms with E-state index in [-0.39, 0.29) is 29.8 Å². The van der Waals surface area contributed by atoms with Crippen LogP contribution in [0.1, 0.15) is 27.7 Å². The maximum absolute atomic E-state index is 12.1.